The van der Waals surface area contributed by atoms with Crippen LogP contribution in [0.1, 0.15) is 0 Å². The minimum Gasteiger partial charge on any atom is -0.388 e. The average Bonchev–Trinajstić information content (AvgIpc) is 2.92. The van der Waals surface area contributed by atoms with E-state index in [1.165, 1.54) is 0 Å². The second kappa shape index (κ2) is 15.1. The van der Waals surface area contributed by atoms with Gasteiger partial charge in [0.25, 0.3) is 0 Å². The first kappa shape index (κ1) is 25.4. The van der Waals surface area contributed by atoms with Crippen LogP contribution in [-0.4, -0.2) is 32.0 Å². The molecule has 5 heterocycles. The van der Waals surface area contributed by atoms with E-state index in [0.29, 0.717) is 0 Å². The van der Waals surface area contributed by atoms with Crippen LogP contribution in [0.15, 0.2) is 122 Å². The Morgan fingerprint density at radius 2 is 0.788 bits per heavy atom. The van der Waals surface area contributed by atoms with Crippen molar-refractivity contribution < 1.29 is 19.8 Å². The molecule has 0 bridgehead atoms. The Bertz CT molecular complexity index is 980. The van der Waals surface area contributed by atoms with Crippen LogP contribution < -0.4 is 5.32 Å². The minimum atomic E-state index is 0. The van der Waals surface area contributed by atoms with Gasteiger partial charge in [-0.25, -0.2) is 0 Å². The topological polar surface area (TPSA) is 76.5 Å². The molecule has 0 unspecified atom stereocenters. The molecule has 0 aliphatic carbocycles. The van der Waals surface area contributed by atoms with E-state index < -0.39 is 0 Å². The Balaban J connectivity index is 0.000000177. The normalized spacial score (nSPS) is 9.12. The monoisotopic (exact) mass is 612 g/mol. The van der Waals surface area contributed by atoms with Crippen molar-refractivity contribution >= 4 is 5.69 Å². The fourth-order valence-electron chi connectivity index (χ4n) is 2.58. The molecule has 7 heteroatoms. The smallest absolute Gasteiger partial charge is 0.0886 e. The van der Waals surface area contributed by atoms with Crippen molar-refractivity contribution in [3.8, 4) is 22.8 Å². The van der Waals surface area contributed by atoms with Crippen molar-refractivity contribution in [2.75, 3.05) is 12.4 Å². The first-order chi connectivity index (χ1) is 15.9. The maximum Gasteiger partial charge on any atom is 0.0886 e. The summed E-state index contributed by atoms with van der Waals surface area (Å²) in [4.78, 5) is 20.6. The predicted octanol–water partition coefficient (Wildman–Crippen LogP) is 5.41. The van der Waals surface area contributed by atoms with E-state index >= 15 is 0 Å². The molecular formula is C26H24N6Os. The molecule has 1 N–H and O–H groups in total. The van der Waals surface area contributed by atoms with Crippen molar-refractivity contribution in [1.29, 1.82) is 0 Å². The van der Waals surface area contributed by atoms with E-state index in [9.17, 15) is 0 Å². The summed E-state index contributed by atoms with van der Waals surface area (Å²) in [6.45, 7) is 0. The fraction of sp³-hybridized carbons (Fsp3) is 0.0385. The average molecular weight is 611 g/mol. The molecular weight excluding hydrogens is 587 g/mol. The molecule has 0 saturated carbocycles. The molecule has 6 nitrogen and oxygen atoms in total. The summed E-state index contributed by atoms with van der Waals surface area (Å²) in [6.07, 6.45) is 10.6. The first-order valence-corrected chi connectivity index (χ1v) is 10.1. The van der Waals surface area contributed by atoms with E-state index in [-0.39, 0.29) is 19.8 Å². The van der Waals surface area contributed by atoms with E-state index in [0.717, 1.165) is 28.5 Å². The maximum absolute atomic E-state index is 4.19. The van der Waals surface area contributed by atoms with Gasteiger partial charge in [0.1, 0.15) is 0 Å². The zero-order chi connectivity index (χ0) is 22.3. The molecule has 0 aromatic carbocycles. The molecule has 33 heavy (non-hydrogen) atoms. The van der Waals surface area contributed by atoms with Crippen LogP contribution in [0, 0.1) is 0 Å². The van der Waals surface area contributed by atoms with Crippen molar-refractivity contribution in [2.45, 2.75) is 0 Å². The molecule has 0 fully saturated rings. The molecule has 5 aromatic rings. The van der Waals surface area contributed by atoms with Gasteiger partial charge in [-0.05, 0) is 60.7 Å². The van der Waals surface area contributed by atoms with Gasteiger partial charge in [0, 0.05) is 69.7 Å². The number of rotatable bonds is 3. The molecule has 5 aromatic heterocycles. The summed E-state index contributed by atoms with van der Waals surface area (Å²) in [6, 6.07) is 27.0. The van der Waals surface area contributed by atoms with E-state index in [1.807, 2.05) is 92.0 Å². The quantitative estimate of drug-likeness (QED) is 0.295. The van der Waals surface area contributed by atoms with Crippen LogP contribution in [0.25, 0.3) is 22.8 Å². The van der Waals surface area contributed by atoms with Crippen molar-refractivity contribution in [1.82, 2.24) is 24.9 Å². The van der Waals surface area contributed by atoms with Gasteiger partial charge in [0.15, 0.2) is 0 Å². The van der Waals surface area contributed by atoms with Crippen LogP contribution in [0.3, 0.4) is 0 Å². The standard InChI is InChI=1S/2C10H8N2.C6H8N2.Os/c2*1-3-7-11-9(5-1)10-6-2-4-8-12-10;1-7-6-2-4-8-5-3-6;/h2*1-8H;2-5H,1H3,(H,7,8);. The van der Waals surface area contributed by atoms with Gasteiger partial charge in [-0.15, -0.1) is 0 Å². The summed E-state index contributed by atoms with van der Waals surface area (Å²) in [5, 5.41) is 2.99. The minimum absolute atomic E-state index is 0. The summed E-state index contributed by atoms with van der Waals surface area (Å²) >= 11 is 0. The zero-order valence-electron chi connectivity index (χ0n) is 18.1. The SMILES string of the molecule is CNc1ccncc1.[Os].c1ccc(-c2ccccn2)nc1.c1ccc(-c2ccccn2)nc1. The number of aromatic nitrogens is 5. The predicted molar refractivity (Wildman–Crippen MR) is 129 cm³/mol. The third-order valence-corrected chi connectivity index (χ3v) is 4.15. The molecule has 0 aliphatic heterocycles. The van der Waals surface area contributed by atoms with Gasteiger partial charge in [-0.2, -0.15) is 0 Å². The van der Waals surface area contributed by atoms with Crippen LogP contribution in [0.5, 0.6) is 0 Å². The van der Waals surface area contributed by atoms with E-state index in [4.69, 9.17) is 0 Å². The number of hydrogen-bond donors (Lipinski definition) is 1. The second-order valence-electron chi connectivity index (χ2n) is 6.35. The Labute approximate surface area is 207 Å². The van der Waals surface area contributed by atoms with Crippen LogP contribution in [0.2, 0.25) is 0 Å². The number of anilines is 1. The third kappa shape index (κ3) is 9.06. The largest absolute Gasteiger partial charge is 0.388 e. The molecule has 5 rings (SSSR count). The Morgan fingerprint density at radius 1 is 0.455 bits per heavy atom. The van der Waals surface area contributed by atoms with Gasteiger partial charge in [0.2, 0.25) is 0 Å². The van der Waals surface area contributed by atoms with Crippen LogP contribution >= 0.6 is 0 Å². The van der Waals surface area contributed by atoms with Gasteiger partial charge < -0.3 is 5.32 Å². The molecule has 166 valence electrons. The van der Waals surface area contributed by atoms with Crippen LogP contribution in [-0.2, 0) is 19.8 Å². The zero-order valence-corrected chi connectivity index (χ0v) is 20.7. The van der Waals surface area contributed by atoms with Gasteiger partial charge in [-0.3, -0.25) is 24.9 Å². The molecule has 0 saturated heterocycles. The van der Waals surface area contributed by atoms with Gasteiger partial charge in [0.05, 0.1) is 22.8 Å². The molecule has 0 aliphatic rings. The van der Waals surface area contributed by atoms with E-state index in [1.54, 1.807) is 37.2 Å². The number of pyridine rings is 5. The number of nitrogens with zero attached hydrogens (tertiary/aromatic N) is 5. The summed E-state index contributed by atoms with van der Waals surface area (Å²) in [5.74, 6) is 0. The van der Waals surface area contributed by atoms with E-state index in [2.05, 4.69) is 30.2 Å². The van der Waals surface area contributed by atoms with Crippen molar-refractivity contribution in [3.05, 3.63) is 122 Å². The second-order valence-corrected chi connectivity index (χ2v) is 6.35. The molecule has 0 atom stereocenters. The first-order valence-electron chi connectivity index (χ1n) is 10.1. The molecule has 0 spiro atoms. The molecule has 0 radical (unpaired) electrons. The Kier molecular flexibility index (Phi) is 11.6. The number of hydrogen-bond acceptors (Lipinski definition) is 6. The van der Waals surface area contributed by atoms with Crippen molar-refractivity contribution in [2.24, 2.45) is 0 Å². The molecule has 0 amide bonds. The van der Waals surface area contributed by atoms with Crippen LogP contribution in [0.4, 0.5) is 5.69 Å². The fourth-order valence-corrected chi connectivity index (χ4v) is 2.58. The Hall–Kier alpha value is -3.81. The van der Waals surface area contributed by atoms with Gasteiger partial charge in [-0.1, -0.05) is 24.3 Å². The third-order valence-electron chi connectivity index (χ3n) is 4.15. The van der Waals surface area contributed by atoms with Crippen molar-refractivity contribution in [3.63, 3.8) is 0 Å². The summed E-state index contributed by atoms with van der Waals surface area (Å²) in [7, 11) is 1.88. The summed E-state index contributed by atoms with van der Waals surface area (Å²) in [5.41, 5.74) is 4.76. The number of nitrogens with one attached hydrogen (secondary N) is 1. The maximum atomic E-state index is 4.19. The summed E-state index contributed by atoms with van der Waals surface area (Å²) < 4.78 is 0. The Morgan fingerprint density at radius 3 is 1.00 bits per heavy atom. The van der Waals surface area contributed by atoms with Gasteiger partial charge >= 0.3 is 0 Å².